The van der Waals surface area contributed by atoms with E-state index in [1.807, 2.05) is 24.3 Å². The molecule has 0 saturated carbocycles. The molecular formula is C21H27FN2O2. The summed E-state index contributed by atoms with van der Waals surface area (Å²) in [5.41, 5.74) is 1.38. The van der Waals surface area contributed by atoms with Crippen LogP contribution in [0.1, 0.15) is 38.8 Å². The van der Waals surface area contributed by atoms with Gasteiger partial charge in [-0.3, -0.25) is 0 Å². The largest absolute Gasteiger partial charge is 0.372 e. The molecule has 0 aliphatic carbocycles. The highest BCUT2D eigenvalue weighted by Crippen LogP contribution is 2.26. The van der Waals surface area contributed by atoms with Crippen molar-refractivity contribution in [3.8, 4) is 0 Å². The fourth-order valence-electron chi connectivity index (χ4n) is 2.65. The molecule has 2 aromatic carbocycles. The zero-order valence-electron chi connectivity index (χ0n) is 16.0. The van der Waals surface area contributed by atoms with Gasteiger partial charge in [0, 0.05) is 18.4 Å². The molecule has 1 unspecified atom stereocenters. The highest BCUT2D eigenvalue weighted by atomic mass is 19.1. The van der Waals surface area contributed by atoms with Crippen LogP contribution < -0.4 is 10.6 Å². The number of halogens is 1. The van der Waals surface area contributed by atoms with Crippen molar-refractivity contribution in [1.29, 1.82) is 0 Å². The van der Waals surface area contributed by atoms with E-state index < -0.39 is 5.60 Å². The van der Waals surface area contributed by atoms with Gasteiger partial charge in [-0.05, 0) is 36.1 Å². The molecule has 5 heteroatoms. The smallest absolute Gasteiger partial charge is 0.319 e. The van der Waals surface area contributed by atoms with E-state index in [4.69, 9.17) is 4.74 Å². The molecule has 2 aromatic rings. The van der Waals surface area contributed by atoms with Gasteiger partial charge >= 0.3 is 6.03 Å². The predicted molar refractivity (Wildman–Crippen MR) is 103 cm³/mol. The number of benzene rings is 2. The maximum atomic E-state index is 14.1. The molecule has 0 aliphatic rings. The molecule has 26 heavy (non-hydrogen) atoms. The third-order valence-corrected chi connectivity index (χ3v) is 4.49. The van der Waals surface area contributed by atoms with E-state index in [0.717, 1.165) is 0 Å². The summed E-state index contributed by atoms with van der Waals surface area (Å²) in [6, 6.07) is 13.8. The highest BCUT2D eigenvalue weighted by Gasteiger charge is 2.29. The summed E-state index contributed by atoms with van der Waals surface area (Å²) in [6.45, 7) is 8.28. The van der Waals surface area contributed by atoms with Gasteiger partial charge < -0.3 is 15.4 Å². The van der Waals surface area contributed by atoms with Crippen molar-refractivity contribution >= 4 is 11.7 Å². The van der Waals surface area contributed by atoms with Crippen LogP contribution in [0.4, 0.5) is 14.9 Å². The molecular weight excluding hydrogens is 331 g/mol. The first-order chi connectivity index (χ1) is 12.2. The van der Waals surface area contributed by atoms with Gasteiger partial charge in [0.05, 0.1) is 6.54 Å². The lowest BCUT2D eigenvalue weighted by atomic mass is 9.87. The number of ether oxygens (including phenoxy) is 1. The summed E-state index contributed by atoms with van der Waals surface area (Å²) >= 11 is 0. The summed E-state index contributed by atoms with van der Waals surface area (Å²) in [5, 5.41) is 5.54. The predicted octanol–water partition coefficient (Wildman–Crippen LogP) is 4.81. The minimum absolute atomic E-state index is 0.0564. The number of hydrogen-bond acceptors (Lipinski definition) is 2. The van der Waals surface area contributed by atoms with Crippen LogP contribution in [0.5, 0.6) is 0 Å². The monoisotopic (exact) mass is 358 g/mol. The Labute approximate surface area is 154 Å². The Balaban J connectivity index is 2.00. The van der Waals surface area contributed by atoms with E-state index in [2.05, 4.69) is 31.4 Å². The molecule has 2 amide bonds. The van der Waals surface area contributed by atoms with Gasteiger partial charge in [0.25, 0.3) is 0 Å². The molecule has 0 fully saturated rings. The van der Waals surface area contributed by atoms with Crippen molar-refractivity contribution in [2.75, 3.05) is 19.0 Å². The highest BCUT2D eigenvalue weighted by molar-refractivity contribution is 5.89. The molecule has 2 rings (SSSR count). The maximum Gasteiger partial charge on any atom is 0.319 e. The van der Waals surface area contributed by atoms with Crippen LogP contribution in [0, 0.1) is 5.82 Å². The third-order valence-electron chi connectivity index (χ3n) is 4.49. The topological polar surface area (TPSA) is 50.4 Å². The van der Waals surface area contributed by atoms with E-state index in [1.165, 1.54) is 18.7 Å². The SMILES string of the molecule is COC(C)(CNC(=O)Nc1ccc(C(C)(C)C)cc1)c1ccccc1F. The number of amides is 2. The van der Waals surface area contributed by atoms with E-state index >= 15 is 0 Å². The molecule has 0 heterocycles. The van der Waals surface area contributed by atoms with E-state index in [0.29, 0.717) is 11.3 Å². The zero-order chi connectivity index (χ0) is 19.4. The van der Waals surface area contributed by atoms with Crippen molar-refractivity contribution in [3.05, 3.63) is 65.5 Å². The van der Waals surface area contributed by atoms with Crippen molar-refractivity contribution < 1.29 is 13.9 Å². The second kappa shape index (κ2) is 7.87. The Kier molecular flexibility index (Phi) is 6.03. The first kappa shape index (κ1) is 19.9. The number of nitrogens with one attached hydrogen (secondary N) is 2. The van der Waals surface area contributed by atoms with Crippen LogP contribution in [-0.2, 0) is 15.8 Å². The van der Waals surface area contributed by atoms with Crippen molar-refractivity contribution in [2.24, 2.45) is 0 Å². The average Bonchev–Trinajstić information content (AvgIpc) is 2.60. The van der Waals surface area contributed by atoms with Crippen LogP contribution in [-0.4, -0.2) is 19.7 Å². The molecule has 4 nitrogen and oxygen atoms in total. The van der Waals surface area contributed by atoms with Crippen molar-refractivity contribution in [1.82, 2.24) is 5.32 Å². The normalized spacial score (nSPS) is 13.8. The van der Waals surface area contributed by atoms with E-state index in [9.17, 15) is 9.18 Å². The van der Waals surface area contributed by atoms with Gasteiger partial charge in [0.2, 0.25) is 0 Å². The number of hydrogen-bond donors (Lipinski definition) is 2. The fourth-order valence-corrected chi connectivity index (χ4v) is 2.65. The number of urea groups is 1. The summed E-state index contributed by atoms with van der Waals surface area (Å²) in [4.78, 5) is 12.2. The molecule has 0 aliphatic heterocycles. The maximum absolute atomic E-state index is 14.1. The lowest BCUT2D eigenvalue weighted by molar-refractivity contribution is 0.00235. The molecule has 0 saturated heterocycles. The zero-order valence-corrected chi connectivity index (χ0v) is 16.0. The Bertz CT molecular complexity index is 753. The van der Waals surface area contributed by atoms with Crippen LogP contribution in [0.15, 0.2) is 48.5 Å². The molecule has 0 bridgehead atoms. The Morgan fingerprint density at radius 1 is 1.04 bits per heavy atom. The van der Waals surface area contributed by atoms with Crippen LogP contribution in [0.25, 0.3) is 0 Å². The number of rotatable bonds is 5. The Morgan fingerprint density at radius 3 is 2.19 bits per heavy atom. The minimum atomic E-state index is -0.960. The quantitative estimate of drug-likeness (QED) is 0.806. The molecule has 2 N–H and O–H groups in total. The lowest BCUT2D eigenvalue weighted by Gasteiger charge is -2.29. The average molecular weight is 358 g/mol. The van der Waals surface area contributed by atoms with Gasteiger partial charge in [-0.15, -0.1) is 0 Å². The summed E-state index contributed by atoms with van der Waals surface area (Å²) in [6.07, 6.45) is 0. The van der Waals surface area contributed by atoms with E-state index in [-0.39, 0.29) is 23.8 Å². The van der Waals surface area contributed by atoms with Gasteiger partial charge in [-0.2, -0.15) is 0 Å². The van der Waals surface area contributed by atoms with E-state index in [1.54, 1.807) is 25.1 Å². The molecule has 0 spiro atoms. The number of carbonyl (C=O) groups is 1. The number of anilines is 1. The Hall–Kier alpha value is -2.40. The second-order valence-corrected chi connectivity index (χ2v) is 7.55. The third kappa shape index (κ3) is 4.82. The van der Waals surface area contributed by atoms with Gasteiger partial charge in [0.1, 0.15) is 11.4 Å². The lowest BCUT2D eigenvalue weighted by Crippen LogP contribution is -2.42. The first-order valence-corrected chi connectivity index (χ1v) is 8.61. The van der Waals surface area contributed by atoms with Crippen molar-refractivity contribution in [2.45, 2.75) is 38.7 Å². The minimum Gasteiger partial charge on any atom is -0.372 e. The van der Waals surface area contributed by atoms with Gasteiger partial charge in [-0.25, -0.2) is 9.18 Å². The number of methoxy groups -OCH3 is 1. The molecule has 140 valence electrons. The van der Waals surface area contributed by atoms with Crippen LogP contribution in [0.3, 0.4) is 0 Å². The summed E-state index contributed by atoms with van der Waals surface area (Å²) in [7, 11) is 1.50. The molecule has 0 radical (unpaired) electrons. The van der Waals surface area contributed by atoms with Crippen LogP contribution >= 0.6 is 0 Å². The van der Waals surface area contributed by atoms with Crippen LogP contribution in [0.2, 0.25) is 0 Å². The van der Waals surface area contributed by atoms with Gasteiger partial charge in [-0.1, -0.05) is 51.1 Å². The van der Waals surface area contributed by atoms with Crippen molar-refractivity contribution in [3.63, 3.8) is 0 Å². The Morgan fingerprint density at radius 2 is 1.65 bits per heavy atom. The summed E-state index contributed by atoms with van der Waals surface area (Å²) < 4.78 is 19.5. The number of carbonyl (C=O) groups excluding carboxylic acids is 1. The van der Waals surface area contributed by atoms with Gasteiger partial charge in [0.15, 0.2) is 0 Å². The molecule has 0 aromatic heterocycles. The fraction of sp³-hybridized carbons (Fsp3) is 0.381. The standard InChI is InChI=1S/C21H27FN2O2/c1-20(2,3)15-10-12-16(13-11-15)24-19(25)23-14-21(4,26-5)17-8-6-7-9-18(17)22/h6-13H,14H2,1-5H3,(H2,23,24,25). The first-order valence-electron chi connectivity index (χ1n) is 8.61. The second-order valence-electron chi connectivity index (χ2n) is 7.55. The molecule has 1 atom stereocenters. The summed E-state index contributed by atoms with van der Waals surface area (Å²) in [5.74, 6) is -0.364.